The molecule has 1 saturated heterocycles. The minimum absolute atomic E-state index is 0.0136. The third-order valence-corrected chi connectivity index (χ3v) is 7.85. The number of fused-ring (bicyclic) bond motifs is 1. The summed E-state index contributed by atoms with van der Waals surface area (Å²) in [6.07, 6.45) is 3.04. The zero-order chi connectivity index (χ0) is 20.1. The van der Waals surface area contributed by atoms with Crippen LogP contribution in [0.4, 0.5) is 4.39 Å². The summed E-state index contributed by atoms with van der Waals surface area (Å²) in [5, 5.41) is 3.72. The number of ether oxygens (including phenoxy) is 2. The van der Waals surface area contributed by atoms with Gasteiger partial charge in [-0.05, 0) is 54.1 Å². The normalized spacial score (nSPS) is 35.6. The van der Waals surface area contributed by atoms with Crippen molar-refractivity contribution in [3.8, 4) is 0 Å². The first-order valence-corrected chi connectivity index (χ1v) is 10.5. The second kappa shape index (κ2) is 7.26. The molecule has 3 aliphatic rings. The van der Waals surface area contributed by atoms with E-state index in [1.165, 1.54) is 6.07 Å². The molecular weight excluding hydrogens is 381 g/mol. The van der Waals surface area contributed by atoms with Gasteiger partial charge in [0.1, 0.15) is 5.82 Å². The Morgan fingerprint density at radius 3 is 2.93 bits per heavy atom. The van der Waals surface area contributed by atoms with Crippen LogP contribution >= 0.6 is 11.6 Å². The molecular formula is C22H29ClFNO3. The van der Waals surface area contributed by atoms with Gasteiger partial charge in [-0.1, -0.05) is 31.5 Å². The van der Waals surface area contributed by atoms with E-state index in [4.69, 9.17) is 21.1 Å². The minimum Gasteiger partial charge on any atom is -0.384 e. The number of carbonyl (C=O) groups is 1. The summed E-state index contributed by atoms with van der Waals surface area (Å²) in [6.45, 7) is 5.52. The topological polar surface area (TPSA) is 47.6 Å². The van der Waals surface area contributed by atoms with E-state index in [2.05, 4.69) is 19.2 Å². The lowest BCUT2D eigenvalue weighted by Gasteiger charge is -2.53. The van der Waals surface area contributed by atoms with E-state index >= 15 is 0 Å². The van der Waals surface area contributed by atoms with Crippen LogP contribution in [-0.4, -0.2) is 32.3 Å². The van der Waals surface area contributed by atoms with Crippen molar-refractivity contribution in [1.29, 1.82) is 0 Å². The molecule has 1 heterocycles. The van der Waals surface area contributed by atoms with Gasteiger partial charge >= 0.3 is 0 Å². The Morgan fingerprint density at radius 2 is 2.21 bits per heavy atom. The fraction of sp³-hybridized carbons (Fsp3) is 0.682. The standard InChI is InChI=1S/C22H29ClFNO3/c1-21(2)13-10-16-19(15-5-4-14(23)11-17(15)24)28-9-7-22(16,12-13)20(21)25-18(26)6-8-27-3/h4-5,11,13,16,19-20H,6-10,12H2,1-3H3,(H,25,26)/t13-,16-,19-,20+,22-/m1/s1. The molecule has 28 heavy (non-hydrogen) atoms. The lowest BCUT2D eigenvalue weighted by atomic mass is 9.58. The van der Waals surface area contributed by atoms with E-state index in [0.29, 0.717) is 36.1 Å². The third kappa shape index (κ3) is 3.06. The molecule has 154 valence electrons. The van der Waals surface area contributed by atoms with E-state index < -0.39 is 0 Å². The molecule has 1 aromatic rings. The lowest BCUT2D eigenvalue weighted by molar-refractivity contribution is -0.138. The average Bonchev–Trinajstić information content (AvgIpc) is 3.13. The summed E-state index contributed by atoms with van der Waals surface area (Å²) in [5.41, 5.74) is 0.550. The van der Waals surface area contributed by atoms with E-state index in [-0.39, 0.29) is 40.6 Å². The van der Waals surface area contributed by atoms with E-state index in [9.17, 15) is 9.18 Å². The van der Waals surface area contributed by atoms with Crippen LogP contribution in [-0.2, 0) is 14.3 Å². The lowest BCUT2D eigenvalue weighted by Crippen LogP contribution is -2.59. The second-order valence-electron chi connectivity index (χ2n) is 9.25. The molecule has 1 N–H and O–H groups in total. The Kier molecular flexibility index (Phi) is 5.22. The van der Waals surface area contributed by atoms with E-state index in [0.717, 1.165) is 19.3 Å². The van der Waals surface area contributed by atoms with Gasteiger partial charge in [0, 0.05) is 36.8 Å². The Hall–Kier alpha value is -1.17. The molecule has 1 aliphatic heterocycles. The highest BCUT2D eigenvalue weighted by atomic mass is 35.5. The molecule has 2 bridgehead atoms. The maximum atomic E-state index is 14.7. The van der Waals surface area contributed by atoms with Gasteiger partial charge in [-0.25, -0.2) is 4.39 Å². The van der Waals surface area contributed by atoms with Crippen molar-refractivity contribution in [1.82, 2.24) is 5.32 Å². The summed E-state index contributed by atoms with van der Waals surface area (Å²) < 4.78 is 25.9. The molecule has 0 radical (unpaired) electrons. The van der Waals surface area contributed by atoms with Gasteiger partial charge in [-0.15, -0.1) is 0 Å². The maximum absolute atomic E-state index is 14.7. The first-order chi connectivity index (χ1) is 13.3. The summed E-state index contributed by atoms with van der Waals surface area (Å²) in [4.78, 5) is 12.5. The van der Waals surface area contributed by atoms with Gasteiger partial charge in [-0.2, -0.15) is 0 Å². The zero-order valence-corrected chi connectivity index (χ0v) is 17.5. The van der Waals surface area contributed by atoms with Gasteiger partial charge in [0.15, 0.2) is 0 Å². The summed E-state index contributed by atoms with van der Waals surface area (Å²) in [7, 11) is 1.60. The average molecular weight is 410 g/mol. The molecule has 0 aromatic heterocycles. The van der Waals surface area contributed by atoms with Crippen molar-refractivity contribution in [3.05, 3.63) is 34.6 Å². The van der Waals surface area contributed by atoms with Crippen molar-refractivity contribution < 1.29 is 18.7 Å². The number of rotatable bonds is 5. The van der Waals surface area contributed by atoms with Crippen molar-refractivity contribution in [2.45, 2.75) is 51.7 Å². The molecule has 1 amide bonds. The fourth-order valence-electron chi connectivity index (χ4n) is 6.26. The van der Waals surface area contributed by atoms with Gasteiger partial charge in [0.2, 0.25) is 5.91 Å². The fourth-order valence-corrected chi connectivity index (χ4v) is 6.41. The summed E-state index contributed by atoms with van der Waals surface area (Å²) in [6, 6.07) is 4.91. The molecule has 2 aliphatic carbocycles. The van der Waals surface area contributed by atoms with Crippen molar-refractivity contribution in [3.63, 3.8) is 0 Å². The number of nitrogens with one attached hydrogen (secondary N) is 1. The monoisotopic (exact) mass is 409 g/mol. The van der Waals surface area contributed by atoms with Gasteiger partial charge in [-0.3, -0.25) is 4.79 Å². The smallest absolute Gasteiger partial charge is 0.222 e. The highest BCUT2D eigenvalue weighted by Crippen LogP contribution is 2.70. The van der Waals surface area contributed by atoms with Crippen LogP contribution in [0.25, 0.3) is 0 Å². The Balaban J connectivity index is 1.65. The molecule has 5 atom stereocenters. The van der Waals surface area contributed by atoms with Crippen molar-refractivity contribution in [2.75, 3.05) is 20.3 Å². The van der Waals surface area contributed by atoms with Crippen LogP contribution in [0.5, 0.6) is 0 Å². The van der Waals surface area contributed by atoms with Gasteiger partial charge in [0.05, 0.1) is 12.7 Å². The molecule has 1 aromatic carbocycles. The zero-order valence-electron chi connectivity index (χ0n) is 16.8. The van der Waals surface area contributed by atoms with Crippen LogP contribution in [0.2, 0.25) is 5.02 Å². The Bertz CT molecular complexity index is 770. The number of benzene rings is 1. The number of hydrogen-bond donors (Lipinski definition) is 1. The number of amides is 1. The van der Waals surface area contributed by atoms with Gasteiger partial charge < -0.3 is 14.8 Å². The number of methoxy groups -OCH3 is 1. The quantitative estimate of drug-likeness (QED) is 0.778. The first-order valence-electron chi connectivity index (χ1n) is 10.1. The van der Waals surface area contributed by atoms with Crippen LogP contribution in [0.1, 0.15) is 51.2 Å². The highest BCUT2D eigenvalue weighted by molar-refractivity contribution is 6.30. The Labute approximate surface area is 171 Å². The molecule has 0 unspecified atom stereocenters. The SMILES string of the molecule is COCCC(=O)N[C@H]1C(C)(C)[C@@H]2C[C@@H]3[C@@H](c4ccc(Cl)cc4F)OCC[C@@]31C2. The molecule has 6 heteroatoms. The highest BCUT2D eigenvalue weighted by Gasteiger charge is 2.68. The predicted octanol–water partition coefficient (Wildman–Crippen LogP) is 4.51. The van der Waals surface area contributed by atoms with Crippen LogP contribution in [0.15, 0.2) is 18.2 Å². The number of hydrogen-bond acceptors (Lipinski definition) is 3. The number of halogens is 2. The van der Waals surface area contributed by atoms with Crippen LogP contribution in [0, 0.1) is 28.5 Å². The molecule has 4 nitrogen and oxygen atoms in total. The van der Waals surface area contributed by atoms with E-state index in [1.807, 2.05) is 0 Å². The van der Waals surface area contributed by atoms with Crippen LogP contribution < -0.4 is 5.32 Å². The second-order valence-corrected chi connectivity index (χ2v) is 9.68. The molecule has 1 spiro atoms. The third-order valence-electron chi connectivity index (χ3n) is 7.61. The minimum atomic E-state index is -0.308. The molecule has 3 fully saturated rings. The number of carbonyl (C=O) groups excluding carboxylic acids is 1. The van der Waals surface area contributed by atoms with E-state index in [1.54, 1.807) is 19.2 Å². The predicted molar refractivity (Wildman–Crippen MR) is 106 cm³/mol. The molecule has 4 rings (SSSR count). The maximum Gasteiger partial charge on any atom is 0.222 e. The van der Waals surface area contributed by atoms with Gasteiger partial charge in [0.25, 0.3) is 0 Å². The Morgan fingerprint density at radius 1 is 1.43 bits per heavy atom. The first kappa shape index (κ1) is 20.1. The van der Waals surface area contributed by atoms with Crippen molar-refractivity contribution in [2.24, 2.45) is 22.7 Å². The molecule has 2 saturated carbocycles. The van der Waals surface area contributed by atoms with Crippen LogP contribution in [0.3, 0.4) is 0 Å². The largest absolute Gasteiger partial charge is 0.384 e. The van der Waals surface area contributed by atoms with Crippen molar-refractivity contribution >= 4 is 17.5 Å². The summed E-state index contributed by atoms with van der Waals surface area (Å²) >= 11 is 5.95. The summed E-state index contributed by atoms with van der Waals surface area (Å²) in [5.74, 6) is 0.408.